The summed E-state index contributed by atoms with van der Waals surface area (Å²) in [6, 6.07) is 19.3. The van der Waals surface area contributed by atoms with Crippen molar-refractivity contribution in [3.63, 3.8) is 0 Å². The highest BCUT2D eigenvalue weighted by molar-refractivity contribution is 5.89. The second-order valence-corrected chi connectivity index (χ2v) is 7.85. The summed E-state index contributed by atoms with van der Waals surface area (Å²) in [6.45, 7) is 4.37. The molecule has 0 amide bonds. The number of nitrogens with zero attached hydrogens (tertiary/aromatic N) is 1. The van der Waals surface area contributed by atoms with E-state index in [1.54, 1.807) is 0 Å². The lowest BCUT2D eigenvalue weighted by molar-refractivity contribution is 0.0600. The zero-order valence-electron chi connectivity index (χ0n) is 15.9. The van der Waals surface area contributed by atoms with Gasteiger partial charge < -0.3 is 10.1 Å². The molecular formula is C23H28N2O2. The number of carbonyl (C=O) groups excluding carboxylic acids is 1. The lowest BCUT2D eigenvalue weighted by Gasteiger charge is -2.16. The Bertz CT molecular complexity index is 760. The Morgan fingerprint density at radius 2 is 1.93 bits per heavy atom. The zero-order chi connectivity index (χ0) is 18.6. The van der Waals surface area contributed by atoms with Crippen LogP contribution in [0.1, 0.15) is 40.2 Å². The van der Waals surface area contributed by atoms with E-state index in [4.69, 9.17) is 4.74 Å². The molecule has 1 N–H and O–H groups in total. The van der Waals surface area contributed by atoms with Crippen LogP contribution in [-0.2, 0) is 11.3 Å². The van der Waals surface area contributed by atoms with Crippen LogP contribution in [-0.4, -0.2) is 43.7 Å². The molecule has 0 bridgehead atoms. The number of carbonyl (C=O) groups is 1. The normalized spacial score (nSPS) is 24.7. The Kier molecular flexibility index (Phi) is 5.55. The van der Waals surface area contributed by atoms with Crippen molar-refractivity contribution in [2.75, 3.05) is 26.7 Å². The lowest BCUT2D eigenvalue weighted by Crippen LogP contribution is -2.28. The second-order valence-electron chi connectivity index (χ2n) is 7.85. The number of hydrogen-bond donors (Lipinski definition) is 1. The Hall–Kier alpha value is -2.17. The van der Waals surface area contributed by atoms with E-state index in [1.807, 2.05) is 24.3 Å². The number of nitrogens with one attached hydrogen (secondary N) is 1. The van der Waals surface area contributed by atoms with Gasteiger partial charge in [0.2, 0.25) is 0 Å². The van der Waals surface area contributed by atoms with Crippen LogP contribution in [0.4, 0.5) is 0 Å². The minimum Gasteiger partial charge on any atom is -0.465 e. The van der Waals surface area contributed by atoms with Crippen LogP contribution in [0.5, 0.6) is 0 Å². The van der Waals surface area contributed by atoms with Crippen LogP contribution in [0.25, 0.3) is 0 Å². The molecule has 0 radical (unpaired) electrons. The quantitative estimate of drug-likeness (QED) is 0.764. The van der Waals surface area contributed by atoms with Crippen LogP contribution in [0, 0.1) is 5.92 Å². The topological polar surface area (TPSA) is 41.6 Å². The van der Waals surface area contributed by atoms with Crippen molar-refractivity contribution in [3.8, 4) is 0 Å². The summed E-state index contributed by atoms with van der Waals surface area (Å²) < 4.78 is 4.75. The molecule has 1 saturated carbocycles. The SMILES string of the molecule is COC(=O)c1ccc(CN2CC[C@@H](CNC3C[C@H]3c3ccccc3)C2)cc1. The number of methoxy groups -OCH3 is 1. The van der Waals surface area contributed by atoms with E-state index in [9.17, 15) is 4.79 Å². The van der Waals surface area contributed by atoms with Gasteiger partial charge in [0.1, 0.15) is 0 Å². The van der Waals surface area contributed by atoms with Crippen LogP contribution in [0.2, 0.25) is 0 Å². The minimum atomic E-state index is -0.275. The molecule has 0 aromatic heterocycles. The largest absolute Gasteiger partial charge is 0.465 e. The summed E-state index contributed by atoms with van der Waals surface area (Å²) >= 11 is 0. The highest BCUT2D eigenvalue weighted by atomic mass is 16.5. The molecule has 1 heterocycles. The third-order valence-electron chi connectivity index (χ3n) is 5.84. The van der Waals surface area contributed by atoms with Crippen LogP contribution in [0.15, 0.2) is 54.6 Å². The summed E-state index contributed by atoms with van der Waals surface area (Å²) in [5.41, 5.74) is 3.34. The molecule has 1 saturated heterocycles. The van der Waals surface area contributed by atoms with E-state index < -0.39 is 0 Å². The maximum atomic E-state index is 11.5. The highest BCUT2D eigenvalue weighted by Gasteiger charge is 2.38. The summed E-state index contributed by atoms with van der Waals surface area (Å²) in [4.78, 5) is 14.0. The zero-order valence-corrected chi connectivity index (χ0v) is 15.9. The molecule has 4 nitrogen and oxygen atoms in total. The average molecular weight is 364 g/mol. The monoisotopic (exact) mass is 364 g/mol. The van der Waals surface area contributed by atoms with E-state index in [0.29, 0.717) is 17.5 Å². The predicted octanol–water partition coefficient (Wildman–Crippen LogP) is 3.44. The van der Waals surface area contributed by atoms with E-state index >= 15 is 0 Å². The Labute approximate surface area is 161 Å². The number of benzene rings is 2. The van der Waals surface area contributed by atoms with Crippen molar-refractivity contribution in [2.24, 2.45) is 5.92 Å². The molecule has 4 heteroatoms. The van der Waals surface area contributed by atoms with Crippen molar-refractivity contribution < 1.29 is 9.53 Å². The molecular weight excluding hydrogens is 336 g/mol. The third kappa shape index (κ3) is 4.57. The molecule has 3 atom stereocenters. The molecule has 1 aliphatic heterocycles. The Morgan fingerprint density at radius 1 is 1.15 bits per heavy atom. The van der Waals surface area contributed by atoms with E-state index in [1.165, 1.54) is 31.1 Å². The van der Waals surface area contributed by atoms with Gasteiger partial charge in [-0.1, -0.05) is 42.5 Å². The van der Waals surface area contributed by atoms with Crippen LogP contribution >= 0.6 is 0 Å². The standard InChI is InChI=1S/C23H28N2O2/c1-27-23(26)20-9-7-17(8-10-20)15-25-12-11-18(16-25)14-24-22-13-21(22)19-5-3-2-4-6-19/h2-10,18,21-22,24H,11-16H2,1H3/t18-,21-,22?/m0/s1. The van der Waals surface area contributed by atoms with Gasteiger partial charge in [-0.3, -0.25) is 4.90 Å². The first-order chi connectivity index (χ1) is 13.2. The summed E-state index contributed by atoms with van der Waals surface area (Å²) in [7, 11) is 1.42. The van der Waals surface area contributed by atoms with Crippen molar-refractivity contribution in [1.82, 2.24) is 10.2 Å². The molecule has 0 spiro atoms. The molecule has 1 aliphatic carbocycles. The smallest absolute Gasteiger partial charge is 0.337 e. The molecule has 4 rings (SSSR count). The number of hydrogen-bond acceptors (Lipinski definition) is 4. The summed E-state index contributed by atoms with van der Waals surface area (Å²) in [6.07, 6.45) is 2.53. The van der Waals surface area contributed by atoms with Crippen LogP contribution < -0.4 is 5.32 Å². The number of likely N-dealkylation sites (tertiary alicyclic amines) is 1. The van der Waals surface area contributed by atoms with Crippen molar-refractivity contribution >= 4 is 5.97 Å². The number of rotatable bonds is 7. The average Bonchev–Trinajstić information content (AvgIpc) is 3.37. The van der Waals surface area contributed by atoms with E-state index in [0.717, 1.165) is 32.1 Å². The van der Waals surface area contributed by atoms with Gasteiger partial charge in [-0.25, -0.2) is 4.79 Å². The molecule has 142 valence electrons. The first kappa shape index (κ1) is 18.2. The first-order valence-corrected chi connectivity index (χ1v) is 9.91. The van der Waals surface area contributed by atoms with Gasteiger partial charge in [0, 0.05) is 25.0 Å². The van der Waals surface area contributed by atoms with Gasteiger partial charge in [0.15, 0.2) is 0 Å². The Balaban J connectivity index is 1.20. The van der Waals surface area contributed by atoms with E-state index in [2.05, 4.69) is 40.5 Å². The Morgan fingerprint density at radius 3 is 2.67 bits per heavy atom. The summed E-state index contributed by atoms with van der Waals surface area (Å²) in [5.74, 6) is 1.16. The number of esters is 1. The molecule has 2 fully saturated rings. The molecule has 2 aromatic carbocycles. The fourth-order valence-corrected chi connectivity index (χ4v) is 4.15. The fraction of sp³-hybridized carbons (Fsp3) is 0.435. The first-order valence-electron chi connectivity index (χ1n) is 9.91. The van der Waals surface area contributed by atoms with Gasteiger partial charge in [0.05, 0.1) is 12.7 Å². The van der Waals surface area contributed by atoms with Crippen molar-refractivity contribution in [1.29, 1.82) is 0 Å². The predicted molar refractivity (Wildman–Crippen MR) is 107 cm³/mol. The molecule has 27 heavy (non-hydrogen) atoms. The van der Waals surface area contributed by atoms with Gasteiger partial charge in [-0.05, 0) is 55.1 Å². The lowest BCUT2D eigenvalue weighted by atomic mass is 10.1. The van der Waals surface area contributed by atoms with Crippen LogP contribution in [0.3, 0.4) is 0 Å². The van der Waals surface area contributed by atoms with Gasteiger partial charge in [-0.15, -0.1) is 0 Å². The number of ether oxygens (including phenoxy) is 1. The van der Waals surface area contributed by atoms with E-state index in [-0.39, 0.29) is 5.97 Å². The molecule has 1 unspecified atom stereocenters. The third-order valence-corrected chi connectivity index (χ3v) is 5.84. The van der Waals surface area contributed by atoms with Crippen molar-refractivity contribution in [2.45, 2.75) is 31.3 Å². The second kappa shape index (κ2) is 8.24. The van der Waals surface area contributed by atoms with Gasteiger partial charge in [-0.2, -0.15) is 0 Å². The highest BCUT2D eigenvalue weighted by Crippen LogP contribution is 2.40. The fourth-order valence-electron chi connectivity index (χ4n) is 4.15. The van der Waals surface area contributed by atoms with Crippen molar-refractivity contribution in [3.05, 3.63) is 71.3 Å². The summed E-state index contributed by atoms with van der Waals surface area (Å²) in [5, 5.41) is 3.78. The van der Waals surface area contributed by atoms with Gasteiger partial charge >= 0.3 is 5.97 Å². The van der Waals surface area contributed by atoms with Gasteiger partial charge in [0.25, 0.3) is 0 Å². The maximum Gasteiger partial charge on any atom is 0.337 e. The molecule has 2 aromatic rings. The minimum absolute atomic E-state index is 0.275. The molecule has 2 aliphatic rings. The maximum absolute atomic E-state index is 11.5.